The summed E-state index contributed by atoms with van der Waals surface area (Å²) in [6.07, 6.45) is 8.22. The van der Waals surface area contributed by atoms with E-state index >= 15 is 0 Å². The van der Waals surface area contributed by atoms with Crippen LogP contribution in [-0.2, 0) is 11.3 Å². The summed E-state index contributed by atoms with van der Waals surface area (Å²) in [5.41, 5.74) is 2.01. The van der Waals surface area contributed by atoms with Gasteiger partial charge < -0.3 is 19.7 Å². The van der Waals surface area contributed by atoms with Crippen molar-refractivity contribution in [1.29, 1.82) is 0 Å². The predicted octanol–water partition coefficient (Wildman–Crippen LogP) is 3.81. The van der Waals surface area contributed by atoms with Crippen LogP contribution in [0.1, 0.15) is 47.9 Å². The summed E-state index contributed by atoms with van der Waals surface area (Å²) in [6, 6.07) is 7.31. The maximum atomic E-state index is 13.1. The van der Waals surface area contributed by atoms with E-state index in [2.05, 4.69) is 20.2 Å². The predicted molar refractivity (Wildman–Crippen MR) is 116 cm³/mol. The lowest BCUT2D eigenvalue weighted by atomic mass is 10.1. The van der Waals surface area contributed by atoms with Gasteiger partial charge in [0.1, 0.15) is 5.75 Å². The van der Waals surface area contributed by atoms with Crippen LogP contribution in [-0.4, -0.2) is 39.2 Å². The molecule has 1 saturated heterocycles. The van der Waals surface area contributed by atoms with Crippen molar-refractivity contribution in [2.45, 2.75) is 51.4 Å². The number of benzene rings is 1. The number of amides is 1. The minimum atomic E-state index is -0.297. The molecule has 4 rings (SSSR count). The Bertz CT molecular complexity index is 913. The molecule has 0 aliphatic carbocycles. The molecule has 30 heavy (non-hydrogen) atoms. The van der Waals surface area contributed by atoms with Crippen LogP contribution in [0.2, 0.25) is 0 Å². The van der Waals surface area contributed by atoms with E-state index in [-0.39, 0.29) is 17.7 Å². The second-order valence-corrected chi connectivity index (χ2v) is 8.74. The minimum absolute atomic E-state index is 0.179. The van der Waals surface area contributed by atoms with Crippen molar-refractivity contribution >= 4 is 17.7 Å². The first kappa shape index (κ1) is 20.7. The van der Waals surface area contributed by atoms with E-state index in [0.29, 0.717) is 24.5 Å². The number of hydrogen-bond donors (Lipinski definition) is 1. The van der Waals surface area contributed by atoms with Crippen LogP contribution in [0.4, 0.5) is 0 Å². The molecule has 0 radical (unpaired) electrons. The molecule has 1 amide bonds. The number of carbonyl (C=O) groups excluding carboxylic acids is 1. The molecule has 2 aliphatic heterocycles. The highest BCUT2D eigenvalue weighted by Gasteiger charge is 2.27. The maximum absolute atomic E-state index is 13.1. The number of ether oxygens (including phenoxy) is 2. The third kappa shape index (κ3) is 5.12. The Morgan fingerprint density at radius 1 is 1.27 bits per heavy atom. The minimum Gasteiger partial charge on any atom is -0.464 e. The zero-order valence-corrected chi connectivity index (χ0v) is 18.0. The van der Waals surface area contributed by atoms with Crippen molar-refractivity contribution in [2.75, 3.05) is 6.61 Å². The summed E-state index contributed by atoms with van der Waals surface area (Å²) in [4.78, 5) is 25.0. The van der Waals surface area contributed by atoms with E-state index in [4.69, 9.17) is 9.47 Å². The molecular formula is C22H26N4O3S. The zero-order chi connectivity index (χ0) is 20.9. The molecule has 3 heterocycles. The first-order valence-electron chi connectivity index (χ1n) is 10.1. The summed E-state index contributed by atoms with van der Waals surface area (Å²) < 4.78 is 11.7. The number of nitrogens with zero attached hydrogens (tertiary/aromatic N) is 3. The van der Waals surface area contributed by atoms with Gasteiger partial charge in [-0.3, -0.25) is 14.8 Å². The van der Waals surface area contributed by atoms with Crippen LogP contribution < -0.4 is 10.1 Å². The number of hydrogen-bond acceptors (Lipinski definition) is 7. The highest BCUT2D eigenvalue weighted by Crippen LogP contribution is 2.32. The molecule has 0 saturated carbocycles. The molecular weight excluding hydrogens is 400 g/mol. The molecule has 1 aromatic heterocycles. The van der Waals surface area contributed by atoms with Gasteiger partial charge in [-0.15, -0.1) is 0 Å². The number of para-hydroxylation sites is 1. The highest BCUT2D eigenvalue weighted by molar-refractivity contribution is 8.03. The number of rotatable bonds is 6. The van der Waals surface area contributed by atoms with Gasteiger partial charge in [-0.2, -0.15) is 0 Å². The Kier molecular flexibility index (Phi) is 6.54. The quantitative estimate of drug-likeness (QED) is 0.753. The van der Waals surface area contributed by atoms with Gasteiger partial charge in [0.25, 0.3) is 5.91 Å². The molecule has 8 heteroatoms. The van der Waals surface area contributed by atoms with Crippen molar-refractivity contribution < 1.29 is 14.3 Å². The van der Waals surface area contributed by atoms with Gasteiger partial charge >= 0.3 is 0 Å². The van der Waals surface area contributed by atoms with Crippen LogP contribution in [0.3, 0.4) is 0 Å². The molecule has 0 bridgehead atoms. The van der Waals surface area contributed by atoms with Crippen LogP contribution in [0, 0.1) is 6.92 Å². The number of aromatic nitrogens is 2. The number of thioether (sulfide) groups is 1. The van der Waals surface area contributed by atoms with Gasteiger partial charge in [-0.25, -0.2) is 0 Å². The molecule has 0 spiro atoms. The van der Waals surface area contributed by atoms with Crippen molar-refractivity contribution in [3.8, 4) is 5.75 Å². The summed E-state index contributed by atoms with van der Waals surface area (Å²) >= 11 is 1.60. The summed E-state index contributed by atoms with van der Waals surface area (Å²) in [6.45, 7) is 5.20. The lowest BCUT2D eigenvalue weighted by Gasteiger charge is -2.26. The van der Waals surface area contributed by atoms with Crippen LogP contribution in [0.5, 0.6) is 5.75 Å². The average Bonchev–Trinajstić information content (AvgIpc) is 3.09. The van der Waals surface area contributed by atoms with E-state index in [1.165, 1.54) is 0 Å². The zero-order valence-electron chi connectivity index (χ0n) is 17.2. The first-order valence-corrected chi connectivity index (χ1v) is 11.0. The molecule has 7 nitrogen and oxygen atoms in total. The number of aryl methyl sites for hydroxylation is 1. The third-order valence-corrected chi connectivity index (χ3v) is 6.00. The standard InChI is InChI=1S/C22H26N4O3S/c1-15-11-24-17(12-23-15)14-26-13-16(2)30-22(26)25-21(27)18-7-3-4-8-19(18)29-20-9-5-6-10-28-20/h3-4,7-8,11-13,20,22H,5-6,9-10,14H2,1-2H3,(H,25,27). The van der Waals surface area contributed by atoms with Gasteiger partial charge in [0, 0.05) is 23.7 Å². The van der Waals surface area contributed by atoms with E-state index in [1.54, 1.807) is 30.2 Å². The van der Waals surface area contributed by atoms with E-state index in [0.717, 1.165) is 35.6 Å². The van der Waals surface area contributed by atoms with Crippen molar-refractivity contribution in [2.24, 2.45) is 0 Å². The third-order valence-electron chi connectivity index (χ3n) is 4.91. The second kappa shape index (κ2) is 9.49. The maximum Gasteiger partial charge on any atom is 0.257 e. The van der Waals surface area contributed by atoms with Gasteiger partial charge in [0.05, 0.1) is 36.3 Å². The number of nitrogens with one attached hydrogen (secondary N) is 1. The van der Waals surface area contributed by atoms with Crippen LogP contribution in [0.25, 0.3) is 0 Å². The van der Waals surface area contributed by atoms with E-state index < -0.39 is 0 Å². The van der Waals surface area contributed by atoms with Gasteiger partial charge in [0.15, 0.2) is 11.8 Å². The topological polar surface area (TPSA) is 76.6 Å². The Labute approximate surface area is 180 Å². The Morgan fingerprint density at radius 3 is 2.90 bits per heavy atom. The van der Waals surface area contributed by atoms with Gasteiger partial charge in [-0.05, 0) is 38.8 Å². The lowest BCUT2D eigenvalue weighted by Crippen LogP contribution is -2.41. The Hall–Kier alpha value is -2.58. The molecule has 2 unspecified atom stereocenters. The Morgan fingerprint density at radius 2 is 2.13 bits per heavy atom. The monoisotopic (exact) mass is 426 g/mol. The van der Waals surface area contributed by atoms with Crippen molar-refractivity contribution in [1.82, 2.24) is 20.2 Å². The van der Waals surface area contributed by atoms with Gasteiger partial charge in [-0.1, -0.05) is 23.9 Å². The van der Waals surface area contributed by atoms with E-state index in [1.807, 2.05) is 38.2 Å². The van der Waals surface area contributed by atoms with Crippen molar-refractivity contribution in [3.05, 3.63) is 64.7 Å². The molecule has 2 aliphatic rings. The molecule has 2 aromatic rings. The summed E-state index contributed by atoms with van der Waals surface area (Å²) in [5, 5.41) is 3.11. The highest BCUT2D eigenvalue weighted by atomic mass is 32.2. The number of carbonyl (C=O) groups is 1. The van der Waals surface area contributed by atoms with Gasteiger partial charge in [0.2, 0.25) is 0 Å². The largest absolute Gasteiger partial charge is 0.464 e. The Balaban J connectivity index is 1.44. The van der Waals surface area contributed by atoms with Crippen molar-refractivity contribution in [3.63, 3.8) is 0 Å². The molecule has 1 N–H and O–H groups in total. The van der Waals surface area contributed by atoms with Crippen LogP contribution >= 0.6 is 11.8 Å². The normalized spacial score (nSPS) is 21.3. The fourth-order valence-corrected chi connectivity index (χ4v) is 4.38. The smallest absolute Gasteiger partial charge is 0.257 e. The van der Waals surface area contributed by atoms with Crippen LogP contribution in [0.15, 0.2) is 47.8 Å². The molecule has 1 fully saturated rings. The summed E-state index contributed by atoms with van der Waals surface area (Å²) in [5.74, 6) is 0.368. The van der Waals surface area contributed by atoms with E-state index in [9.17, 15) is 4.79 Å². The molecule has 1 aromatic carbocycles. The molecule has 158 valence electrons. The average molecular weight is 427 g/mol. The summed E-state index contributed by atoms with van der Waals surface area (Å²) in [7, 11) is 0. The fourth-order valence-electron chi connectivity index (χ4n) is 3.40. The molecule has 2 atom stereocenters. The number of allylic oxidation sites excluding steroid dienone is 1. The first-order chi connectivity index (χ1) is 14.6. The fraction of sp³-hybridized carbons (Fsp3) is 0.409. The second-order valence-electron chi connectivity index (χ2n) is 7.42. The lowest BCUT2D eigenvalue weighted by molar-refractivity contribution is -0.106. The SMILES string of the molecule is CC1=CN(Cc2cnc(C)cn2)C(NC(=O)c2ccccc2OC2CCCCO2)S1.